The number of esters is 1. The zero-order chi connectivity index (χ0) is 21.8. The Morgan fingerprint density at radius 2 is 1.80 bits per heavy atom. The molecular weight excluding hydrogens is 408 g/mol. The summed E-state index contributed by atoms with van der Waals surface area (Å²) in [6.45, 7) is 3.80. The van der Waals surface area contributed by atoms with Gasteiger partial charge in [-0.2, -0.15) is 0 Å². The fourth-order valence-corrected chi connectivity index (χ4v) is 3.41. The molecule has 2 N–H and O–H groups in total. The molecule has 2 aromatic carbocycles. The van der Waals surface area contributed by atoms with Crippen molar-refractivity contribution in [1.82, 2.24) is 10.6 Å². The number of hydrogen-bond acceptors (Lipinski definition) is 5. The van der Waals surface area contributed by atoms with Crippen LogP contribution in [0.3, 0.4) is 0 Å². The van der Waals surface area contributed by atoms with Gasteiger partial charge >= 0.3 is 12.0 Å². The number of ether oxygens (including phenoxy) is 3. The molecule has 0 radical (unpaired) electrons. The molecule has 1 aliphatic rings. The van der Waals surface area contributed by atoms with Gasteiger partial charge in [0.1, 0.15) is 11.5 Å². The van der Waals surface area contributed by atoms with Gasteiger partial charge in [0.05, 0.1) is 42.7 Å². The van der Waals surface area contributed by atoms with Gasteiger partial charge in [0, 0.05) is 0 Å². The number of amides is 2. The lowest BCUT2D eigenvalue weighted by Gasteiger charge is -2.29. The van der Waals surface area contributed by atoms with Crippen LogP contribution in [0.15, 0.2) is 48.0 Å². The predicted molar refractivity (Wildman–Crippen MR) is 114 cm³/mol. The minimum atomic E-state index is -0.756. The molecule has 0 fully saturated rings. The van der Waals surface area contributed by atoms with E-state index in [-0.39, 0.29) is 11.7 Å². The van der Waals surface area contributed by atoms with E-state index in [4.69, 9.17) is 25.8 Å². The maximum atomic E-state index is 12.7. The van der Waals surface area contributed by atoms with Crippen LogP contribution in [0.5, 0.6) is 11.5 Å². The fourth-order valence-electron chi connectivity index (χ4n) is 3.18. The molecule has 30 heavy (non-hydrogen) atoms. The van der Waals surface area contributed by atoms with Crippen LogP contribution in [0.4, 0.5) is 4.79 Å². The van der Waals surface area contributed by atoms with Gasteiger partial charge < -0.3 is 24.8 Å². The van der Waals surface area contributed by atoms with Gasteiger partial charge in [-0.15, -0.1) is 0 Å². The van der Waals surface area contributed by atoms with Crippen molar-refractivity contribution in [2.24, 2.45) is 0 Å². The van der Waals surface area contributed by atoms with E-state index >= 15 is 0 Å². The molecule has 2 aromatic rings. The summed E-state index contributed by atoms with van der Waals surface area (Å²) in [5, 5.41) is 5.87. The molecule has 1 unspecified atom stereocenters. The van der Waals surface area contributed by atoms with Gasteiger partial charge in [-0.3, -0.25) is 0 Å². The second kappa shape index (κ2) is 9.09. The Morgan fingerprint density at radius 1 is 1.10 bits per heavy atom. The number of rotatable bonds is 6. The summed E-state index contributed by atoms with van der Waals surface area (Å²) in [4.78, 5) is 25.1. The van der Waals surface area contributed by atoms with E-state index in [1.54, 1.807) is 49.6 Å². The Bertz CT molecular complexity index is 986. The second-order valence-corrected chi connectivity index (χ2v) is 7.30. The third kappa shape index (κ3) is 4.52. The summed E-state index contributed by atoms with van der Waals surface area (Å²) >= 11 is 6.38. The van der Waals surface area contributed by atoms with Crippen molar-refractivity contribution in [2.75, 3.05) is 14.2 Å². The first-order chi connectivity index (χ1) is 14.3. The van der Waals surface area contributed by atoms with Crippen LogP contribution in [-0.4, -0.2) is 32.3 Å². The third-order valence-corrected chi connectivity index (χ3v) is 4.80. The number of urea groups is 1. The minimum absolute atomic E-state index is 0.0425. The van der Waals surface area contributed by atoms with Crippen molar-refractivity contribution in [2.45, 2.75) is 26.0 Å². The first-order valence-corrected chi connectivity index (χ1v) is 9.72. The van der Waals surface area contributed by atoms with E-state index in [9.17, 15) is 9.59 Å². The van der Waals surface area contributed by atoms with Crippen molar-refractivity contribution < 1.29 is 23.8 Å². The van der Waals surface area contributed by atoms with Gasteiger partial charge in [-0.05, 0) is 61.4 Å². The zero-order valence-corrected chi connectivity index (χ0v) is 17.9. The maximum absolute atomic E-state index is 12.7. The van der Waals surface area contributed by atoms with E-state index in [0.29, 0.717) is 33.3 Å². The number of carbonyl (C=O) groups is 2. The van der Waals surface area contributed by atoms with Crippen molar-refractivity contribution in [3.8, 4) is 11.5 Å². The Balaban J connectivity index is 2.10. The lowest BCUT2D eigenvalue weighted by Crippen LogP contribution is -2.45. The number of carbonyl (C=O) groups excluding carboxylic acids is 2. The van der Waals surface area contributed by atoms with Crippen molar-refractivity contribution in [3.63, 3.8) is 0 Å². The largest absolute Gasteiger partial charge is 0.497 e. The lowest BCUT2D eigenvalue weighted by atomic mass is 9.92. The van der Waals surface area contributed by atoms with Crippen LogP contribution in [0, 0.1) is 0 Å². The number of nitrogens with one attached hydrogen (secondary N) is 2. The van der Waals surface area contributed by atoms with Crippen molar-refractivity contribution in [3.05, 3.63) is 64.2 Å². The second-order valence-electron chi connectivity index (χ2n) is 6.90. The standard InChI is InChI=1S/C22H23ClN2O5/c1-12(2)30-17-10-7-14(11-16(17)23)20-18(21(26)29-4)19(24-22(27)25-20)13-5-8-15(28-3)9-6-13/h5-12,20H,1-4H3,(H2,24,25,27). The molecule has 0 saturated heterocycles. The summed E-state index contributed by atoms with van der Waals surface area (Å²) in [7, 11) is 2.86. The highest BCUT2D eigenvalue weighted by atomic mass is 35.5. The summed E-state index contributed by atoms with van der Waals surface area (Å²) < 4.78 is 15.9. The SMILES string of the molecule is COC(=O)C1=C(c2ccc(OC)cc2)NC(=O)NC1c1ccc(OC(C)C)c(Cl)c1. The zero-order valence-electron chi connectivity index (χ0n) is 17.1. The summed E-state index contributed by atoms with van der Waals surface area (Å²) in [6.07, 6.45) is -0.0425. The molecule has 1 atom stereocenters. The van der Waals surface area contributed by atoms with Crippen LogP contribution in [0.1, 0.15) is 31.0 Å². The summed E-state index contributed by atoms with van der Waals surface area (Å²) in [5.41, 5.74) is 1.88. The molecule has 8 heteroatoms. The van der Waals surface area contributed by atoms with Gasteiger partial charge in [0.15, 0.2) is 0 Å². The average Bonchev–Trinajstić information content (AvgIpc) is 2.73. The predicted octanol–water partition coefficient (Wildman–Crippen LogP) is 4.07. The van der Waals surface area contributed by atoms with Gasteiger partial charge in [0.2, 0.25) is 0 Å². The number of hydrogen-bond donors (Lipinski definition) is 2. The third-order valence-electron chi connectivity index (χ3n) is 4.51. The van der Waals surface area contributed by atoms with E-state index in [2.05, 4.69) is 10.6 Å². The Labute approximate surface area is 180 Å². The Kier molecular flexibility index (Phi) is 6.52. The molecule has 0 spiro atoms. The van der Waals surface area contributed by atoms with E-state index in [1.165, 1.54) is 7.11 Å². The highest BCUT2D eigenvalue weighted by molar-refractivity contribution is 6.32. The Hall–Kier alpha value is -3.19. The smallest absolute Gasteiger partial charge is 0.338 e. The van der Waals surface area contributed by atoms with Gasteiger partial charge in [0.25, 0.3) is 0 Å². The van der Waals surface area contributed by atoms with Gasteiger partial charge in [-0.1, -0.05) is 17.7 Å². The number of halogens is 1. The van der Waals surface area contributed by atoms with Crippen LogP contribution < -0.4 is 20.1 Å². The van der Waals surface area contributed by atoms with E-state index in [1.807, 2.05) is 13.8 Å². The molecule has 0 bridgehead atoms. The van der Waals surface area contributed by atoms with E-state index in [0.717, 1.165) is 0 Å². The van der Waals surface area contributed by atoms with Crippen LogP contribution >= 0.6 is 11.6 Å². The van der Waals surface area contributed by atoms with Crippen molar-refractivity contribution in [1.29, 1.82) is 0 Å². The normalized spacial score (nSPS) is 16.1. The highest BCUT2D eigenvalue weighted by Gasteiger charge is 2.34. The van der Waals surface area contributed by atoms with Crippen LogP contribution in [0.25, 0.3) is 5.70 Å². The first-order valence-electron chi connectivity index (χ1n) is 9.34. The van der Waals surface area contributed by atoms with Crippen LogP contribution in [0.2, 0.25) is 5.02 Å². The lowest BCUT2D eigenvalue weighted by molar-refractivity contribution is -0.136. The topological polar surface area (TPSA) is 85.9 Å². The summed E-state index contributed by atoms with van der Waals surface area (Å²) in [5.74, 6) is 0.606. The van der Waals surface area contributed by atoms with Crippen molar-refractivity contribution >= 4 is 29.3 Å². The van der Waals surface area contributed by atoms with Gasteiger partial charge in [-0.25, -0.2) is 9.59 Å². The van der Waals surface area contributed by atoms with Crippen LogP contribution in [-0.2, 0) is 9.53 Å². The molecule has 1 aliphatic heterocycles. The summed E-state index contributed by atoms with van der Waals surface area (Å²) in [6, 6.07) is 10.9. The molecule has 0 aromatic heterocycles. The average molecular weight is 431 g/mol. The molecule has 2 amide bonds. The Morgan fingerprint density at radius 3 is 2.37 bits per heavy atom. The van der Waals surface area contributed by atoms with E-state index < -0.39 is 18.0 Å². The fraction of sp³-hybridized carbons (Fsp3) is 0.273. The molecule has 158 valence electrons. The highest BCUT2D eigenvalue weighted by Crippen LogP contribution is 2.35. The molecule has 1 heterocycles. The maximum Gasteiger partial charge on any atom is 0.338 e. The molecule has 7 nitrogen and oxygen atoms in total. The number of methoxy groups -OCH3 is 2. The molecular formula is C22H23ClN2O5. The molecule has 0 saturated carbocycles. The number of benzene rings is 2. The molecule has 3 rings (SSSR count). The molecule has 0 aliphatic carbocycles. The quantitative estimate of drug-likeness (QED) is 0.674. The minimum Gasteiger partial charge on any atom is -0.497 e. The first kappa shape index (κ1) is 21.5. The monoisotopic (exact) mass is 430 g/mol.